The van der Waals surface area contributed by atoms with Crippen LogP contribution in [0.15, 0.2) is 40.9 Å². The first kappa shape index (κ1) is 14.3. The molecule has 100 valence electrons. The summed E-state index contributed by atoms with van der Waals surface area (Å²) in [6.07, 6.45) is 0.208. The van der Waals surface area contributed by atoms with Crippen LogP contribution in [0.1, 0.15) is 33.9 Å². The first-order chi connectivity index (χ1) is 8.99. The van der Waals surface area contributed by atoms with Gasteiger partial charge in [0.15, 0.2) is 0 Å². The number of hydrogen-bond acceptors (Lipinski definition) is 1. The number of rotatable bonds is 3. The van der Waals surface area contributed by atoms with Crippen LogP contribution in [0.2, 0.25) is 0 Å². The van der Waals surface area contributed by atoms with Crippen LogP contribution in [0.5, 0.6) is 0 Å². The Morgan fingerprint density at radius 3 is 2.16 bits per heavy atom. The molecule has 1 nitrogen and oxygen atoms in total. The Morgan fingerprint density at radius 1 is 1.00 bits per heavy atom. The van der Waals surface area contributed by atoms with E-state index in [9.17, 15) is 5.11 Å². The van der Waals surface area contributed by atoms with Crippen LogP contribution in [-0.4, -0.2) is 5.11 Å². The molecule has 1 unspecified atom stereocenters. The highest BCUT2D eigenvalue weighted by atomic mass is 79.9. The second-order valence-electron chi connectivity index (χ2n) is 5.12. The summed E-state index contributed by atoms with van der Waals surface area (Å²) >= 11 is 3.56. The van der Waals surface area contributed by atoms with Crippen molar-refractivity contribution in [3.63, 3.8) is 0 Å². The molecular weight excluding hydrogens is 300 g/mol. The monoisotopic (exact) mass is 318 g/mol. The van der Waals surface area contributed by atoms with Gasteiger partial charge in [-0.15, -0.1) is 0 Å². The van der Waals surface area contributed by atoms with Gasteiger partial charge in [-0.3, -0.25) is 0 Å². The lowest BCUT2D eigenvalue weighted by atomic mass is 9.96. The lowest BCUT2D eigenvalue weighted by molar-refractivity contribution is 0.178. The van der Waals surface area contributed by atoms with Gasteiger partial charge in [-0.05, 0) is 48.6 Å². The molecule has 0 radical (unpaired) electrons. The van der Waals surface area contributed by atoms with E-state index in [-0.39, 0.29) is 0 Å². The number of aliphatic hydroxyl groups is 1. The first-order valence-electron chi connectivity index (χ1n) is 6.48. The maximum atomic E-state index is 10.4. The Balaban J connectivity index is 2.26. The van der Waals surface area contributed by atoms with E-state index in [1.807, 2.05) is 12.1 Å². The summed E-state index contributed by atoms with van der Waals surface area (Å²) in [5.74, 6) is 0. The Kier molecular flexibility index (Phi) is 4.43. The van der Waals surface area contributed by atoms with E-state index in [1.54, 1.807) is 0 Å². The van der Waals surface area contributed by atoms with Crippen LogP contribution in [-0.2, 0) is 6.42 Å². The van der Waals surface area contributed by atoms with Crippen LogP contribution in [0.25, 0.3) is 0 Å². The van der Waals surface area contributed by atoms with Crippen molar-refractivity contribution in [3.05, 3.63) is 68.7 Å². The summed E-state index contributed by atoms with van der Waals surface area (Å²) < 4.78 is 1.12. The van der Waals surface area contributed by atoms with E-state index in [4.69, 9.17) is 0 Å². The van der Waals surface area contributed by atoms with E-state index in [2.05, 4.69) is 61.0 Å². The molecule has 19 heavy (non-hydrogen) atoms. The van der Waals surface area contributed by atoms with E-state index in [1.165, 1.54) is 22.3 Å². The number of aryl methyl sites for hydroxylation is 3. The molecule has 2 aromatic rings. The molecule has 2 aromatic carbocycles. The van der Waals surface area contributed by atoms with Crippen molar-refractivity contribution in [1.29, 1.82) is 0 Å². The molecule has 0 heterocycles. The minimum atomic E-state index is -0.452. The standard InChI is InChI=1S/C17H19BrO/c1-11-6-4-5-7-14(11)10-16(19)15-8-12(2)17(18)13(3)9-15/h4-9,16,19H,10H2,1-3H3. The zero-order valence-electron chi connectivity index (χ0n) is 11.6. The van der Waals surface area contributed by atoms with Gasteiger partial charge < -0.3 is 5.11 Å². The van der Waals surface area contributed by atoms with Crippen molar-refractivity contribution in [1.82, 2.24) is 0 Å². The van der Waals surface area contributed by atoms with Gasteiger partial charge >= 0.3 is 0 Å². The third kappa shape index (κ3) is 3.26. The van der Waals surface area contributed by atoms with Gasteiger partial charge in [0.25, 0.3) is 0 Å². The molecule has 0 amide bonds. The zero-order chi connectivity index (χ0) is 14.0. The van der Waals surface area contributed by atoms with E-state index < -0.39 is 6.10 Å². The van der Waals surface area contributed by atoms with Crippen molar-refractivity contribution in [3.8, 4) is 0 Å². The third-order valence-electron chi connectivity index (χ3n) is 3.52. The summed E-state index contributed by atoms with van der Waals surface area (Å²) in [5.41, 5.74) is 5.75. The van der Waals surface area contributed by atoms with Gasteiger partial charge in [-0.2, -0.15) is 0 Å². The lowest BCUT2D eigenvalue weighted by Gasteiger charge is -2.15. The molecule has 0 saturated carbocycles. The predicted octanol–water partition coefficient (Wildman–Crippen LogP) is 4.65. The van der Waals surface area contributed by atoms with Crippen LogP contribution in [0, 0.1) is 20.8 Å². The lowest BCUT2D eigenvalue weighted by Crippen LogP contribution is -2.04. The second-order valence-corrected chi connectivity index (χ2v) is 5.91. The maximum Gasteiger partial charge on any atom is 0.0830 e. The van der Waals surface area contributed by atoms with Crippen LogP contribution < -0.4 is 0 Å². The fourth-order valence-electron chi connectivity index (χ4n) is 2.34. The molecule has 0 aliphatic heterocycles. The van der Waals surface area contributed by atoms with Crippen molar-refractivity contribution < 1.29 is 5.11 Å². The van der Waals surface area contributed by atoms with Crippen LogP contribution in [0.3, 0.4) is 0 Å². The second kappa shape index (κ2) is 5.89. The van der Waals surface area contributed by atoms with Crippen molar-refractivity contribution in [2.24, 2.45) is 0 Å². The largest absolute Gasteiger partial charge is 0.388 e. The van der Waals surface area contributed by atoms with Crippen molar-refractivity contribution in [2.75, 3.05) is 0 Å². The first-order valence-corrected chi connectivity index (χ1v) is 7.27. The molecule has 0 bridgehead atoms. The predicted molar refractivity (Wildman–Crippen MR) is 83.5 cm³/mol. The van der Waals surface area contributed by atoms with Crippen LogP contribution >= 0.6 is 15.9 Å². The fourth-order valence-corrected chi connectivity index (χ4v) is 2.57. The smallest absolute Gasteiger partial charge is 0.0830 e. The number of halogens is 1. The molecule has 0 aliphatic rings. The Labute approximate surface area is 123 Å². The highest BCUT2D eigenvalue weighted by Crippen LogP contribution is 2.27. The van der Waals surface area contributed by atoms with Crippen molar-refractivity contribution >= 4 is 15.9 Å². The number of hydrogen-bond donors (Lipinski definition) is 1. The number of aliphatic hydroxyl groups excluding tert-OH is 1. The highest BCUT2D eigenvalue weighted by molar-refractivity contribution is 9.10. The average Bonchev–Trinajstić information content (AvgIpc) is 2.38. The number of benzene rings is 2. The molecule has 2 heteroatoms. The highest BCUT2D eigenvalue weighted by Gasteiger charge is 2.12. The summed E-state index contributed by atoms with van der Waals surface area (Å²) in [7, 11) is 0. The Hall–Kier alpha value is -1.12. The van der Waals surface area contributed by atoms with Gasteiger partial charge in [0, 0.05) is 10.9 Å². The molecule has 1 atom stereocenters. The van der Waals surface area contributed by atoms with Crippen molar-refractivity contribution in [2.45, 2.75) is 33.3 Å². The van der Waals surface area contributed by atoms with Gasteiger partial charge in [-0.1, -0.05) is 52.3 Å². The molecular formula is C17H19BrO. The third-order valence-corrected chi connectivity index (χ3v) is 4.77. The average molecular weight is 319 g/mol. The molecule has 0 fully saturated rings. The SMILES string of the molecule is Cc1ccccc1CC(O)c1cc(C)c(Br)c(C)c1. The van der Waals surface area contributed by atoms with Gasteiger partial charge in [0.05, 0.1) is 6.10 Å². The van der Waals surface area contributed by atoms with Gasteiger partial charge in [0.2, 0.25) is 0 Å². The summed E-state index contributed by atoms with van der Waals surface area (Å²) in [5, 5.41) is 10.4. The Bertz CT molecular complexity index is 567. The van der Waals surface area contributed by atoms with Gasteiger partial charge in [-0.25, -0.2) is 0 Å². The minimum absolute atomic E-state index is 0.452. The molecule has 0 saturated heterocycles. The topological polar surface area (TPSA) is 20.2 Å². The molecule has 0 spiro atoms. The van der Waals surface area contributed by atoms with E-state index in [0.29, 0.717) is 6.42 Å². The minimum Gasteiger partial charge on any atom is -0.388 e. The molecule has 0 aromatic heterocycles. The molecule has 0 aliphatic carbocycles. The molecule has 2 rings (SSSR count). The normalized spacial score (nSPS) is 12.5. The zero-order valence-corrected chi connectivity index (χ0v) is 13.2. The summed E-state index contributed by atoms with van der Waals surface area (Å²) in [6.45, 7) is 6.20. The fraction of sp³-hybridized carbons (Fsp3) is 0.294. The van der Waals surface area contributed by atoms with E-state index in [0.717, 1.165) is 10.0 Å². The summed E-state index contributed by atoms with van der Waals surface area (Å²) in [6, 6.07) is 12.3. The van der Waals surface area contributed by atoms with Crippen LogP contribution in [0.4, 0.5) is 0 Å². The maximum absolute atomic E-state index is 10.4. The quantitative estimate of drug-likeness (QED) is 0.873. The summed E-state index contributed by atoms with van der Waals surface area (Å²) in [4.78, 5) is 0. The Morgan fingerprint density at radius 2 is 1.58 bits per heavy atom. The van der Waals surface area contributed by atoms with E-state index >= 15 is 0 Å². The molecule has 1 N–H and O–H groups in total. The van der Waals surface area contributed by atoms with Gasteiger partial charge in [0.1, 0.15) is 0 Å².